The van der Waals surface area contributed by atoms with Crippen molar-refractivity contribution in [1.82, 2.24) is 0 Å². The number of hydrogen-bond donors (Lipinski definition) is 0. The molecule has 0 N–H and O–H groups in total. The number of fused-ring (bicyclic) bond motifs is 4. The number of benzene rings is 10. The maximum atomic E-state index is 2.33. The predicted molar refractivity (Wildman–Crippen MR) is 284 cm³/mol. The van der Waals surface area contributed by atoms with Gasteiger partial charge in [-0.25, -0.2) is 0 Å². The summed E-state index contributed by atoms with van der Waals surface area (Å²) in [5, 5.41) is 10.3. The Hall–Kier alpha value is -6.96. The summed E-state index contributed by atoms with van der Waals surface area (Å²) in [4.78, 5) is 0. The van der Waals surface area contributed by atoms with Crippen LogP contribution in [0, 0.1) is 0 Å². The van der Waals surface area contributed by atoms with Gasteiger partial charge in [0, 0.05) is 9.52 Å². The molecule has 0 fully saturated rings. The third-order valence-corrected chi connectivity index (χ3v) is 12.3. The average Bonchev–Trinajstić information content (AvgIpc) is 4.03. The van der Waals surface area contributed by atoms with Crippen molar-refractivity contribution < 1.29 is 26.2 Å². The van der Waals surface area contributed by atoms with Crippen molar-refractivity contribution >= 4 is 52.6 Å². The van der Waals surface area contributed by atoms with Gasteiger partial charge < -0.3 is 0 Å². The van der Waals surface area contributed by atoms with Crippen LogP contribution < -0.4 is 0 Å². The van der Waals surface area contributed by atoms with Gasteiger partial charge in [-0.2, -0.15) is 0 Å². The standard InChI is InChI=1S/2C31H21.C2H6Si.Zr/c2*1-2-10-22(11-3-1)25-20-24-14-9-19-30(31(24)21-25)29-17-7-6-16-28(29)27-18-8-13-23-12-4-5-15-26(23)27;1-3-2;/h2*1-21H;1-2H3;/q2*-1;;+2. The second kappa shape index (κ2) is 20.5. The number of rotatable bonds is 6. The van der Waals surface area contributed by atoms with Gasteiger partial charge in [-0.05, 0) is 54.9 Å². The summed E-state index contributed by atoms with van der Waals surface area (Å²) < 4.78 is 0. The normalized spacial score (nSPS) is 10.8. The van der Waals surface area contributed by atoms with Crippen LogP contribution in [0.1, 0.15) is 0 Å². The molecule has 12 aromatic rings. The zero-order valence-corrected chi connectivity index (χ0v) is 40.7. The van der Waals surface area contributed by atoms with Crippen LogP contribution in [0.3, 0.4) is 0 Å². The predicted octanol–water partition coefficient (Wildman–Crippen LogP) is 18.2. The Labute approximate surface area is 410 Å². The van der Waals surface area contributed by atoms with Crippen molar-refractivity contribution in [1.29, 1.82) is 0 Å². The van der Waals surface area contributed by atoms with E-state index in [0.717, 1.165) is 9.52 Å². The molecule has 0 bridgehead atoms. The maximum absolute atomic E-state index is 2.33. The van der Waals surface area contributed by atoms with Gasteiger partial charge in [0.15, 0.2) is 0 Å². The Morgan fingerprint density at radius 1 is 0.273 bits per heavy atom. The Morgan fingerprint density at radius 3 is 0.924 bits per heavy atom. The Bertz CT molecular complexity index is 3290. The molecule has 66 heavy (non-hydrogen) atoms. The van der Waals surface area contributed by atoms with Crippen molar-refractivity contribution in [2.75, 3.05) is 0 Å². The van der Waals surface area contributed by atoms with Gasteiger partial charge in [0.05, 0.1) is 0 Å². The van der Waals surface area contributed by atoms with Gasteiger partial charge in [-0.1, -0.05) is 254 Å². The van der Waals surface area contributed by atoms with Crippen molar-refractivity contribution in [2.24, 2.45) is 0 Å². The van der Waals surface area contributed by atoms with E-state index in [2.05, 4.69) is 268 Å². The molecular weight excluding hydrogens is 888 g/mol. The quantitative estimate of drug-likeness (QED) is 0.115. The molecule has 12 rings (SSSR count). The third-order valence-electron chi connectivity index (χ3n) is 12.3. The zero-order valence-electron chi connectivity index (χ0n) is 37.2. The maximum Gasteiger partial charge on any atom is 2.00 e. The van der Waals surface area contributed by atoms with Crippen LogP contribution in [0.2, 0.25) is 13.1 Å². The third kappa shape index (κ3) is 9.01. The van der Waals surface area contributed by atoms with E-state index in [4.69, 9.17) is 0 Å². The molecule has 0 saturated carbocycles. The van der Waals surface area contributed by atoms with Crippen molar-refractivity contribution in [3.05, 3.63) is 255 Å². The van der Waals surface area contributed by atoms with Crippen molar-refractivity contribution in [2.45, 2.75) is 13.1 Å². The summed E-state index contributed by atoms with van der Waals surface area (Å²) in [5.74, 6) is 0. The van der Waals surface area contributed by atoms with Gasteiger partial charge in [-0.15, -0.1) is 69.1 Å². The van der Waals surface area contributed by atoms with Gasteiger partial charge in [0.25, 0.3) is 0 Å². The largest absolute Gasteiger partial charge is 2.00 e. The van der Waals surface area contributed by atoms with Crippen LogP contribution in [-0.4, -0.2) is 9.52 Å². The summed E-state index contributed by atoms with van der Waals surface area (Å²) in [6, 6.07) is 91.8. The van der Waals surface area contributed by atoms with Crippen LogP contribution in [0.5, 0.6) is 0 Å². The molecule has 0 atom stereocenters. The monoisotopic (exact) mass is 934 g/mol. The second-order valence-corrected chi connectivity index (χ2v) is 17.5. The van der Waals surface area contributed by atoms with Crippen molar-refractivity contribution in [3.63, 3.8) is 0 Å². The fraction of sp³-hybridized carbons (Fsp3) is 0.0312. The topological polar surface area (TPSA) is 0 Å². The molecule has 2 heteroatoms. The number of hydrogen-bond acceptors (Lipinski definition) is 0. The smallest absolute Gasteiger partial charge is 0.144 e. The first-order chi connectivity index (χ1) is 32.2. The average molecular weight is 936 g/mol. The Kier molecular flexibility index (Phi) is 13.7. The SMILES string of the molecule is C[Si]C.[Zr+2].c1ccc(-c2cc3c(-c4ccccc4-c4cccc5ccccc45)cccc3[cH-]2)cc1.c1ccc(-c2cc3c(-c4ccccc4-c4cccc5ccccc45)cccc3[cH-]2)cc1. The van der Waals surface area contributed by atoms with E-state index in [9.17, 15) is 0 Å². The van der Waals surface area contributed by atoms with E-state index in [-0.39, 0.29) is 26.2 Å². The molecule has 0 aromatic heterocycles. The Balaban J connectivity index is 0.000000155. The van der Waals surface area contributed by atoms with Crippen molar-refractivity contribution in [3.8, 4) is 66.8 Å². The first-order valence-corrected chi connectivity index (χ1v) is 24.4. The molecule has 12 aromatic carbocycles. The van der Waals surface area contributed by atoms with E-state index < -0.39 is 0 Å². The summed E-state index contributed by atoms with van der Waals surface area (Å²) in [5.41, 5.74) is 15.3. The van der Waals surface area contributed by atoms with Crippen LogP contribution in [0.25, 0.3) is 110 Å². The molecule has 0 saturated heterocycles. The van der Waals surface area contributed by atoms with E-state index in [1.807, 2.05) is 0 Å². The molecule has 0 spiro atoms. The minimum absolute atomic E-state index is 0. The fourth-order valence-electron chi connectivity index (χ4n) is 9.36. The molecule has 2 radical (unpaired) electrons. The molecule has 312 valence electrons. The van der Waals surface area contributed by atoms with Crippen LogP contribution in [-0.2, 0) is 26.2 Å². The van der Waals surface area contributed by atoms with E-state index >= 15 is 0 Å². The van der Waals surface area contributed by atoms with E-state index in [1.165, 1.54) is 110 Å². The first kappa shape index (κ1) is 44.3. The van der Waals surface area contributed by atoms with Gasteiger partial charge in [0.2, 0.25) is 0 Å². The van der Waals surface area contributed by atoms with E-state index in [0.29, 0.717) is 0 Å². The summed E-state index contributed by atoms with van der Waals surface area (Å²) >= 11 is 0. The first-order valence-electron chi connectivity index (χ1n) is 22.4. The molecule has 0 amide bonds. The van der Waals surface area contributed by atoms with Crippen LogP contribution >= 0.6 is 0 Å². The minimum Gasteiger partial charge on any atom is -0.144 e. The molecule has 0 heterocycles. The second-order valence-electron chi connectivity index (χ2n) is 16.5. The van der Waals surface area contributed by atoms with Gasteiger partial charge >= 0.3 is 26.2 Å². The van der Waals surface area contributed by atoms with Crippen LogP contribution in [0.15, 0.2) is 255 Å². The van der Waals surface area contributed by atoms with Gasteiger partial charge in [-0.3, -0.25) is 0 Å². The molecule has 0 aliphatic rings. The molecular formula is C64H48SiZr. The molecule has 0 aliphatic heterocycles. The fourth-order valence-corrected chi connectivity index (χ4v) is 9.36. The summed E-state index contributed by atoms with van der Waals surface area (Å²) in [6.45, 7) is 4.31. The minimum atomic E-state index is 0. The summed E-state index contributed by atoms with van der Waals surface area (Å²) in [7, 11) is 1.08. The van der Waals surface area contributed by atoms with E-state index in [1.54, 1.807) is 0 Å². The summed E-state index contributed by atoms with van der Waals surface area (Å²) in [6.07, 6.45) is 0. The zero-order chi connectivity index (χ0) is 44.0. The van der Waals surface area contributed by atoms with Crippen LogP contribution in [0.4, 0.5) is 0 Å². The molecule has 0 unspecified atom stereocenters. The Morgan fingerprint density at radius 2 is 0.545 bits per heavy atom. The molecule has 0 nitrogen and oxygen atoms in total. The molecule has 0 aliphatic carbocycles. The van der Waals surface area contributed by atoms with Gasteiger partial charge in [0.1, 0.15) is 0 Å².